The van der Waals surface area contributed by atoms with Crippen molar-refractivity contribution in [2.45, 2.75) is 40.7 Å². The van der Waals surface area contributed by atoms with E-state index in [9.17, 15) is 19.2 Å². The van der Waals surface area contributed by atoms with Crippen LogP contribution in [0.4, 0.5) is 5.69 Å². The summed E-state index contributed by atoms with van der Waals surface area (Å²) in [5.74, 6) is -1.31. The number of nitrogens with one attached hydrogen (secondary N) is 2. The topological polar surface area (TPSA) is 111 Å². The summed E-state index contributed by atoms with van der Waals surface area (Å²) >= 11 is 0. The average molecular weight is 469 g/mol. The van der Waals surface area contributed by atoms with E-state index in [0.717, 1.165) is 0 Å². The molecule has 2 rings (SSSR count). The molecule has 0 bridgehead atoms. The zero-order valence-corrected chi connectivity index (χ0v) is 20.4. The van der Waals surface area contributed by atoms with Crippen LogP contribution in [0.15, 0.2) is 48.5 Å². The summed E-state index contributed by atoms with van der Waals surface area (Å²) in [6.07, 6.45) is 0. The van der Waals surface area contributed by atoms with Crippen molar-refractivity contribution in [2.75, 3.05) is 19.0 Å². The minimum absolute atomic E-state index is 0.142. The number of esters is 1. The molecule has 0 aromatic heterocycles. The van der Waals surface area contributed by atoms with Crippen molar-refractivity contribution in [3.8, 4) is 5.75 Å². The predicted molar refractivity (Wildman–Crippen MR) is 129 cm³/mol. The average Bonchev–Trinajstić information content (AvgIpc) is 2.80. The normalized spacial score (nSPS) is 12.0. The van der Waals surface area contributed by atoms with Gasteiger partial charge in [-0.2, -0.15) is 0 Å². The highest BCUT2D eigenvalue weighted by atomic mass is 16.5. The number of ether oxygens (including phenoxy) is 2. The van der Waals surface area contributed by atoms with Gasteiger partial charge in [0, 0.05) is 22.2 Å². The summed E-state index contributed by atoms with van der Waals surface area (Å²) in [5, 5.41) is 5.45. The number of hydrogen-bond donors (Lipinski definition) is 2. The summed E-state index contributed by atoms with van der Waals surface area (Å²) in [6.45, 7) is 8.49. The van der Waals surface area contributed by atoms with E-state index in [1.54, 1.807) is 83.1 Å². The number of rotatable bonds is 9. The first-order valence-electron chi connectivity index (χ1n) is 11.0. The van der Waals surface area contributed by atoms with Crippen molar-refractivity contribution >= 4 is 29.3 Å². The Hall–Kier alpha value is -3.68. The molecule has 0 radical (unpaired) electrons. The van der Waals surface area contributed by atoms with E-state index in [1.165, 1.54) is 7.11 Å². The minimum atomic E-state index is -0.919. The zero-order chi connectivity index (χ0) is 25.5. The number of Topliss-reactive ketones (excluding diaryl/α,β-unsaturated/α-hetero) is 1. The summed E-state index contributed by atoms with van der Waals surface area (Å²) in [6, 6.07) is 11.9. The van der Waals surface area contributed by atoms with E-state index in [2.05, 4.69) is 10.6 Å². The number of ketones is 1. The lowest BCUT2D eigenvalue weighted by molar-refractivity contribution is -0.146. The van der Waals surface area contributed by atoms with Gasteiger partial charge >= 0.3 is 5.97 Å². The maximum Gasteiger partial charge on any atom is 0.329 e. The fourth-order valence-corrected chi connectivity index (χ4v) is 2.83. The molecule has 8 nitrogen and oxygen atoms in total. The van der Waals surface area contributed by atoms with Crippen LogP contribution in [0.1, 0.15) is 55.3 Å². The van der Waals surface area contributed by atoms with Crippen LogP contribution in [0.3, 0.4) is 0 Å². The van der Waals surface area contributed by atoms with Crippen molar-refractivity contribution in [2.24, 2.45) is 11.3 Å². The SMILES string of the molecule is COc1ccc(C(=O)NC(C(=O)OCC(=O)c2ccc(NC(=O)C(C)(C)C)cc2)C(C)C)cc1. The van der Waals surface area contributed by atoms with Crippen LogP contribution in [0, 0.1) is 11.3 Å². The maximum atomic E-state index is 12.6. The lowest BCUT2D eigenvalue weighted by Gasteiger charge is -2.21. The summed E-state index contributed by atoms with van der Waals surface area (Å²) in [4.78, 5) is 49.7. The molecule has 182 valence electrons. The van der Waals surface area contributed by atoms with E-state index < -0.39 is 35.7 Å². The molecule has 2 aromatic carbocycles. The molecule has 0 aliphatic heterocycles. The second kappa shape index (κ2) is 11.4. The quantitative estimate of drug-likeness (QED) is 0.427. The molecular formula is C26H32N2O6. The van der Waals surface area contributed by atoms with Crippen LogP contribution in [0.25, 0.3) is 0 Å². The van der Waals surface area contributed by atoms with Crippen molar-refractivity contribution in [1.82, 2.24) is 5.32 Å². The van der Waals surface area contributed by atoms with E-state index in [0.29, 0.717) is 22.6 Å². The molecular weight excluding hydrogens is 436 g/mol. The second-order valence-electron chi connectivity index (χ2n) is 9.24. The van der Waals surface area contributed by atoms with E-state index >= 15 is 0 Å². The zero-order valence-electron chi connectivity index (χ0n) is 20.4. The number of amides is 2. The van der Waals surface area contributed by atoms with Gasteiger partial charge in [0.1, 0.15) is 11.8 Å². The third-order valence-corrected chi connectivity index (χ3v) is 5.05. The van der Waals surface area contributed by atoms with Crippen LogP contribution in [0.2, 0.25) is 0 Å². The van der Waals surface area contributed by atoms with Crippen molar-refractivity contribution in [3.63, 3.8) is 0 Å². The van der Waals surface area contributed by atoms with Gasteiger partial charge in [0.05, 0.1) is 7.11 Å². The van der Waals surface area contributed by atoms with Gasteiger partial charge in [-0.25, -0.2) is 4.79 Å². The van der Waals surface area contributed by atoms with Crippen molar-refractivity contribution in [3.05, 3.63) is 59.7 Å². The Balaban J connectivity index is 1.95. The highest BCUT2D eigenvalue weighted by molar-refractivity contribution is 6.00. The lowest BCUT2D eigenvalue weighted by Crippen LogP contribution is -2.45. The van der Waals surface area contributed by atoms with Crippen LogP contribution in [-0.2, 0) is 14.3 Å². The van der Waals surface area contributed by atoms with Crippen LogP contribution < -0.4 is 15.4 Å². The standard InChI is InChI=1S/C26H32N2O6/c1-16(2)22(28-23(30)18-9-13-20(33-6)14-10-18)24(31)34-15-21(29)17-7-11-19(12-8-17)27-25(32)26(3,4)5/h7-14,16,22H,15H2,1-6H3,(H,27,32)(H,28,30). The predicted octanol–water partition coefficient (Wildman–Crippen LogP) is 3.86. The van der Waals surface area contributed by atoms with Crippen molar-refractivity contribution in [1.29, 1.82) is 0 Å². The van der Waals surface area contributed by atoms with Gasteiger partial charge in [0.25, 0.3) is 5.91 Å². The molecule has 2 amide bonds. The molecule has 0 heterocycles. The molecule has 2 aromatic rings. The molecule has 2 N–H and O–H groups in total. The molecule has 1 atom stereocenters. The van der Waals surface area contributed by atoms with E-state index in [-0.39, 0.29) is 11.8 Å². The molecule has 0 aliphatic carbocycles. The number of anilines is 1. The third-order valence-electron chi connectivity index (χ3n) is 5.05. The molecule has 0 fully saturated rings. The van der Waals surface area contributed by atoms with Gasteiger partial charge in [-0.1, -0.05) is 34.6 Å². The van der Waals surface area contributed by atoms with Crippen molar-refractivity contribution < 1.29 is 28.7 Å². The fraction of sp³-hybridized carbons (Fsp3) is 0.385. The first-order valence-corrected chi connectivity index (χ1v) is 11.0. The first kappa shape index (κ1) is 26.6. The maximum absolute atomic E-state index is 12.6. The van der Waals surface area contributed by atoms with Gasteiger partial charge in [-0.15, -0.1) is 0 Å². The molecule has 0 spiro atoms. The molecule has 34 heavy (non-hydrogen) atoms. The van der Waals surface area contributed by atoms with Gasteiger partial charge in [0.2, 0.25) is 5.91 Å². The summed E-state index contributed by atoms with van der Waals surface area (Å²) < 4.78 is 10.3. The molecule has 8 heteroatoms. The molecule has 1 unspecified atom stereocenters. The Labute approximate surface area is 200 Å². The first-order chi connectivity index (χ1) is 15.9. The number of methoxy groups -OCH3 is 1. The monoisotopic (exact) mass is 468 g/mol. The smallest absolute Gasteiger partial charge is 0.329 e. The molecule has 0 saturated heterocycles. The fourth-order valence-electron chi connectivity index (χ4n) is 2.83. The Bertz CT molecular complexity index is 1020. The van der Waals surface area contributed by atoms with Crippen LogP contribution >= 0.6 is 0 Å². The summed E-state index contributed by atoms with van der Waals surface area (Å²) in [7, 11) is 1.53. The third kappa shape index (κ3) is 7.43. The number of carbonyl (C=O) groups is 4. The second-order valence-corrected chi connectivity index (χ2v) is 9.24. The van der Waals surface area contributed by atoms with Crippen LogP contribution in [0.5, 0.6) is 5.75 Å². The molecule has 0 saturated carbocycles. The highest BCUT2D eigenvalue weighted by Gasteiger charge is 2.27. The molecule has 0 aliphatic rings. The lowest BCUT2D eigenvalue weighted by atomic mass is 9.95. The Kier molecular flexibility index (Phi) is 8.95. The van der Waals surface area contributed by atoms with Crippen LogP contribution in [-0.4, -0.2) is 43.3 Å². The van der Waals surface area contributed by atoms with E-state index in [1.807, 2.05) is 0 Å². The van der Waals surface area contributed by atoms with Gasteiger partial charge in [-0.05, 0) is 54.4 Å². The van der Waals surface area contributed by atoms with E-state index in [4.69, 9.17) is 9.47 Å². The Morgan fingerprint density at radius 2 is 1.44 bits per heavy atom. The summed E-state index contributed by atoms with van der Waals surface area (Å²) in [5.41, 5.74) is 0.729. The number of benzene rings is 2. The van der Waals surface area contributed by atoms with Gasteiger partial charge in [0.15, 0.2) is 12.4 Å². The largest absolute Gasteiger partial charge is 0.497 e. The van der Waals surface area contributed by atoms with Gasteiger partial charge < -0.3 is 20.1 Å². The number of carbonyl (C=O) groups excluding carboxylic acids is 4. The minimum Gasteiger partial charge on any atom is -0.497 e. The Morgan fingerprint density at radius 3 is 1.94 bits per heavy atom. The highest BCUT2D eigenvalue weighted by Crippen LogP contribution is 2.18. The van der Waals surface area contributed by atoms with Gasteiger partial charge in [-0.3, -0.25) is 14.4 Å². The number of hydrogen-bond acceptors (Lipinski definition) is 6. The Morgan fingerprint density at radius 1 is 0.882 bits per heavy atom.